The Balaban J connectivity index is 1.72. The molecule has 24 heavy (non-hydrogen) atoms. The van der Waals surface area contributed by atoms with E-state index in [2.05, 4.69) is 10.3 Å². The maximum Gasteiger partial charge on any atom is 0.184 e. The fourth-order valence-corrected chi connectivity index (χ4v) is 3.13. The zero-order valence-electron chi connectivity index (χ0n) is 13.1. The van der Waals surface area contributed by atoms with Crippen LogP contribution in [0, 0.1) is 5.82 Å². The number of aromatic nitrogens is 1. The average Bonchev–Trinajstić information content (AvgIpc) is 3.00. The van der Waals surface area contributed by atoms with Crippen LogP contribution in [0.5, 0.6) is 11.5 Å². The van der Waals surface area contributed by atoms with E-state index in [9.17, 15) is 9.18 Å². The van der Waals surface area contributed by atoms with E-state index in [1.54, 1.807) is 24.3 Å². The monoisotopic (exact) mass is 346 g/mol. The predicted molar refractivity (Wildman–Crippen MR) is 91.9 cm³/mol. The van der Waals surface area contributed by atoms with E-state index in [0.29, 0.717) is 27.7 Å². The van der Waals surface area contributed by atoms with E-state index in [1.165, 1.54) is 37.7 Å². The van der Waals surface area contributed by atoms with Gasteiger partial charge in [0.15, 0.2) is 22.4 Å². The van der Waals surface area contributed by atoms with E-state index in [4.69, 9.17) is 9.47 Å². The first kappa shape index (κ1) is 16.2. The van der Waals surface area contributed by atoms with Crippen molar-refractivity contribution in [2.24, 2.45) is 0 Å². The second-order valence-corrected chi connectivity index (χ2v) is 6.01. The van der Waals surface area contributed by atoms with Crippen LogP contribution >= 0.6 is 11.3 Å². The molecule has 1 heterocycles. The minimum atomic E-state index is -0.306. The molecule has 0 unspecified atom stereocenters. The van der Waals surface area contributed by atoms with Crippen LogP contribution < -0.4 is 14.8 Å². The van der Waals surface area contributed by atoms with Crippen molar-refractivity contribution in [3.63, 3.8) is 0 Å². The van der Waals surface area contributed by atoms with Gasteiger partial charge in [0.1, 0.15) is 5.82 Å². The van der Waals surface area contributed by atoms with Crippen LogP contribution in [0.25, 0.3) is 10.2 Å². The van der Waals surface area contributed by atoms with E-state index >= 15 is 0 Å². The largest absolute Gasteiger partial charge is 0.493 e. The second kappa shape index (κ2) is 6.84. The topological polar surface area (TPSA) is 60.5 Å². The van der Waals surface area contributed by atoms with Crippen LogP contribution in [0.2, 0.25) is 0 Å². The van der Waals surface area contributed by atoms with Crippen molar-refractivity contribution in [2.45, 2.75) is 0 Å². The number of nitrogens with one attached hydrogen (secondary N) is 1. The summed E-state index contributed by atoms with van der Waals surface area (Å²) in [6.45, 7) is 0.0811. The molecule has 3 rings (SSSR count). The minimum Gasteiger partial charge on any atom is -0.493 e. The molecule has 3 aromatic rings. The second-order valence-electron chi connectivity index (χ2n) is 4.98. The Labute approximate surface area is 142 Å². The maximum absolute atomic E-state index is 13.2. The molecule has 0 bridgehead atoms. The van der Waals surface area contributed by atoms with Gasteiger partial charge in [-0.1, -0.05) is 11.3 Å². The fourth-order valence-electron chi connectivity index (χ4n) is 2.24. The third-order valence-electron chi connectivity index (χ3n) is 3.46. The van der Waals surface area contributed by atoms with Gasteiger partial charge >= 0.3 is 0 Å². The predicted octanol–water partition coefficient (Wildman–Crippen LogP) is 3.75. The number of anilines is 1. The van der Waals surface area contributed by atoms with Crippen molar-refractivity contribution in [1.29, 1.82) is 0 Å². The summed E-state index contributed by atoms with van der Waals surface area (Å²) >= 11 is 1.30. The number of carbonyl (C=O) groups excluding carboxylic acids is 1. The highest BCUT2D eigenvalue weighted by atomic mass is 32.1. The number of hydrogen-bond acceptors (Lipinski definition) is 6. The number of fused-ring (bicyclic) bond motifs is 1. The number of benzene rings is 2. The van der Waals surface area contributed by atoms with Gasteiger partial charge in [-0.25, -0.2) is 9.37 Å². The fraction of sp³-hybridized carbons (Fsp3) is 0.176. The molecule has 2 aromatic carbocycles. The number of ether oxygens (including phenoxy) is 2. The first-order valence-electron chi connectivity index (χ1n) is 7.16. The number of halogens is 1. The lowest BCUT2D eigenvalue weighted by molar-refractivity contribution is 0.101. The van der Waals surface area contributed by atoms with Crippen LogP contribution in [0.4, 0.5) is 9.52 Å². The van der Waals surface area contributed by atoms with Gasteiger partial charge in [-0.15, -0.1) is 0 Å². The van der Waals surface area contributed by atoms with Crippen molar-refractivity contribution >= 4 is 32.5 Å². The van der Waals surface area contributed by atoms with Crippen molar-refractivity contribution in [1.82, 2.24) is 4.98 Å². The highest BCUT2D eigenvalue weighted by Gasteiger charge is 2.12. The number of hydrogen-bond donors (Lipinski definition) is 1. The summed E-state index contributed by atoms with van der Waals surface area (Å²) < 4.78 is 24.3. The molecule has 0 spiro atoms. The summed E-state index contributed by atoms with van der Waals surface area (Å²) in [6.07, 6.45) is 0. The number of ketones is 1. The SMILES string of the molecule is COc1ccc(C(=O)CNc2nc3ccc(F)cc3s2)cc1OC. The van der Waals surface area contributed by atoms with Crippen LogP contribution in [-0.2, 0) is 0 Å². The van der Waals surface area contributed by atoms with Crippen LogP contribution in [0.1, 0.15) is 10.4 Å². The molecule has 0 aliphatic heterocycles. The van der Waals surface area contributed by atoms with Crippen molar-refractivity contribution in [2.75, 3.05) is 26.1 Å². The normalized spacial score (nSPS) is 10.6. The molecule has 0 radical (unpaired) electrons. The third kappa shape index (κ3) is 3.30. The van der Waals surface area contributed by atoms with E-state index in [-0.39, 0.29) is 18.1 Å². The van der Waals surface area contributed by atoms with Crippen LogP contribution in [-0.4, -0.2) is 31.5 Å². The maximum atomic E-state index is 13.2. The quantitative estimate of drug-likeness (QED) is 0.689. The summed E-state index contributed by atoms with van der Waals surface area (Å²) in [6, 6.07) is 9.40. The third-order valence-corrected chi connectivity index (χ3v) is 4.43. The Bertz CT molecular complexity index is 895. The van der Waals surface area contributed by atoms with E-state index < -0.39 is 0 Å². The zero-order chi connectivity index (χ0) is 17.1. The summed E-state index contributed by atoms with van der Waals surface area (Å²) in [4.78, 5) is 16.6. The first-order chi connectivity index (χ1) is 11.6. The Morgan fingerprint density at radius 1 is 1.17 bits per heavy atom. The van der Waals surface area contributed by atoms with Crippen molar-refractivity contribution in [3.8, 4) is 11.5 Å². The lowest BCUT2D eigenvalue weighted by Crippen LogP contribution is -2.14. The van der Waals surface area contributed by atoms with Gasteiger partial charge in [0.2, 0.25) is 0 Å². The van der Waals surface area contributed by atoms with Crippen molar-refractivity contribution in [3.05, 3.63) is 47.8 Å². The molecule has 0 aliphatic rings. The van der Waals surface area contributed by atoms with Crippen LogP contribution in [0.15, 0.2) is 36.4 Å². The highest BCUT2D eigenvalue weighted by molar-refractivity contribution is 7.22. The summed E-state index contributed by atoms with van der Waals surface area (Å²) in [7, 11) is 3.06. The summed E-state index contributed by atoms with van der Waals surface area (Å²) in [5.74, 6) is 0.648. The number of Topliss-reactive ketones (excluding diaryl/α,β-unsaturated/α-hetero) is 1. The van der Waals surface area contributed by atoms with E-state index in [0.717, 1.165) is 4.70 Å². The molecule has 0 fully saturated rings. The molecule has 5 nitrogen and oxygen atoms in total. The molecule has 0 saturated carbocycles. The number of rotatable bonds is 6. The molecule has 0 amide bonds. The number of thiazole rings is 1. The molecule has 1 aromatic heterocycles. The zero-order valence-corrected chi connectivity index (χ0v) is 13.9. The van der Waals surface area contributed by atoms with Gasteiger partial charge in [0.25, 0.3) is 0 Å². The summed E-state index contributed by atoms with van der Waals surface area (Å²) in [5, 5.41) is 3.55. The molecular weight excluding hydrogens is 331 g/mol. The molecule has 124 valence electrons. The first-order valence-corrected chi connectivity index (χ1v) is 7.97. The van der Waals surface area contributed by atoms with Gasteiger partial charge in [0.05, 0.1) is 31.0 Å². The average molecular weight is 346 g/mol. The number of carbonyl (C=O) groups is 1. The Morgan fingerprint density at radius 2 is 1.96 bits per heavy atom. The number of nitrogens with zero attached hydrogens (tertiary/aromatic N) is 1. The number of methoxy groups -OCH3 is 2. The van der Waals surface area contributed by atoms with Gasteiger partial charge in [-0.2, -0.15) is 0 Å². The minimum absolute atomic E-state index is 0.0811. The standard InChI is InChI=1S/C17H15FN2O3S/c1-22-14-6-3-10(7-15(14)23-2)13(21)9-19-17-20-12-5-4-11(18)8-16(12)24-17/h3-8H,9H2,1-2H3,(H,19,20). The van der Waals surface area contributed by atoms with Gasteiger partial charge in [-0.05, 0) is 36.4 Å². The molecular formula is C17H15FN2O3S. The molecule has 1 N–H and O–H groups in total. The molecule has 0 aliphatic carbocycles. The Kier molecular flexibility index (Phi) is 4.61. The molecule has 0 saturated heterocycles. The Hall–Kier alpha value is -2.67. The molecule has 7 heteroatoms. The lowest BCUT2D eigenvalue weighted by Gasteiger charge is -2.09. The smallest absolute Gasteiger partial charge is 0.184 e. The van der Waals surface area contributed by atoms with Gasteiger partial charge in [0, 0.05) is 5.56 Å². The van der Waals surface area contributed by atoms with Crippen LogP contribution in [0.3, 0.4) is 0 Å². The highest BCUT2D eigenvalue weighted by Crippen LogP contribution is 2.28. The lowest BCUT2D eigenvalue weighted by atomic mass is 10.1. The Morgan fingerprint density at radius 3 is 2.71 bits per heavy atom. The van der Waals surface area contributed by atoms with Gasteiger partial charge in [-0.3, -0.25) is 4.79 Å². The van der Waals surface area contributed by atoms with E-state index in [1.807, 2.05) is 0 Å². The molecule has 0 atom stereocenters. The van der Waals surface area contributed by atoms with Crippen molar-refractivity contribution < 1.29 is 18.7 Å². The van der Waals surface area contributed by atoms with Gasteiger partial charge < -0.3 is 14.8 Å². The summed E-state index contributed by atoms with van der Waals surface area (Å²) in [5.41, 5.74) is 1.20.